The maximum Gasteiger partial charge on any atom is 0.276 e. The summed E-state index contributed by atoms with van der Waals surface area (Å²) < 4.78 is 5.56. The largest absolute Gasteiger partial charge is 0.414 e. The van der Waals surface area contributed by atoms with Crippen LogP contribution in [-0.2, 0) is 11.3 Å². The molecule has 1 atom stereocenters. The van der Waals surface area contributed by atoms with Crippen molar-refractivity contribution in [2.75, 3.05) is 6.54 Å². The fourth-order valence-electron chi connectivity index (χ4n) is 1.68. The van der Waals surface area contributed by atoms with Crippen molar-refractivity contribution in [1.29, 1.82) is 0 Å². The number of hydrogen-bond acceptors (Lipinski definition) is 5. The van der Waals surface area contributed by atoms with E-state index in [0.717, 1.165) is 13.0 Å². The van der Waals surface area contributed by atoms with Gasteiger partial charge in [-0.15, -0.1) is 10.2 Å². The van der Waals surface area contributed by atoms with Gasteiger partial charge in [0.05, 0.1) is 6.54 Å². The molecule has 5 nitrogen and oxygen atoms in total. The third kappa shape index (κ3) is 3.25. The molecule has 100 valence electrons. The normalized spacial score (nSPS) is 17.8. The van der Waals surface area contributed by atoms with Crippen LogP contribution in [0.5, 0.6) is 0 Å². The molecule has 1 aromatic rings. The first-order chi connectivity index (χ1) is 8.56. The lowest BCUT2D eigenvalue weighted by molar-refractivity contribution is -0.128. The van der Waals surface area contributed by atoms with Crippen LogP contribution in [0.15, 0.2) is 9.64 Å². The first-order valence-electron chi connectivity index (χ1n) is 6.33. The second kappa shape index (κ2) is 5.73. The van der Waals surface area contributed by atoms with Gasteiger partial charge in [-0.25, -0.2) is 0 Å². The molecule has 1 aliphatic rings. The van der Waals surface area contributed by atoms with E-state index in [1.807, 2.05) is 0 Å². The highest BCUT2D eigenvalue weighted by Crippen LogP contribution is 2.26. The van der Waals surface area contributed by atoms with Crippen molar-refractivity contribution in [3.63, 3.8) is 0 Å². The fraction of sp³-hybridized carbons (Fsp3) is 0.750. The smallest absolute Gasteiger partial charge is 0.276 e. The number of carbonyl (C=O) groups is 1. The number of nitrogens with zero attached hydrogens (tertiary/aromatic N) is 3. The van der Waals surface area contributed by atoms with E-state index in [9.17, 15) is 4.79 Å². The van der Waals surface area contributed by atoms with Gasteiger partial charge in [-0.1, -0.05) is 32.5 Å². The van der Waals surface area contributed by atoms with Crippen molar-refractivity contribution in [3.8, 4) is 0 Å². The van der Waals surface area contributed by atoms with Gasteiger partial charge in [0.15, 0.2) is 0 Å². The summed E-state index contributed by atoms with van der Waals surface area (Å²) in [5.74, 6) is 1.27. The molecule has 0 aliphatic carbocycles. The Kier molecular flexibility index (Phi) is 4.27. The number of likely N-dealkylation sites (tertiary alicyclic amines) is 1. The van der Waals surface area contributed by atoms with Gasteiger partial charge in [0.25, 0.3) is 5.22 Å². The van der Waals surface area contributed by atoms with Crippen LogP contribution in [0.3, 0.4) is 0 Å². The first-order valence-corrected chi connectivity index (χ1v) is 7.21. The highest BCUT2D eigenvalue weighted by molar-refractivity contribution is 7.99. The zero-order valence-electron chi connectivity index (χ0n) is 11.0. The Morgan fingerprint density at radius 3 is 2.78 bits per heavy atom. The number of hydrogen-bond donors (Lipinski definition) is 0. The van der Waals surface area contributed by atoms with E-state index in [1.54, 1.807) is 16.7 Å². The number of aromatic nitrogens is 2. The molecule has 0 radical (unpaired) electrons. The predicted molar refractivity (Wildman–Crippen MR) is 69.1 cm³/mol. The zero-order chi connectivity index (χ0) is 13.1. The van der Waals surface area contributed by atoms with Crippen LogP contribution in [0.4, 0.5) is 0 Å². The molecule has 1 aliphatic heterocycles. The second-order valence-corrected chi connectivity index (χ2v) is 6.28. The van der Waals surface area contributed by atoms with Gasteiger partial charge in [-0.05, 0) is 12.3 Å². The van der Waals surface area contributed by atoms with Crippen molar-refractivity contribution < 1.29 is 9.21 Å². The van der Waals surface area contributed by atoms with Gasteiger partial charge in [-0.2, -0.15) is 0 Å². The van der Waals surface area contributed by atoms with Crippen molar-refractivity contribution in [1.82, 2.24) is 15.1 Å². The van der Waals surface area contributed by atoms with Crippen LogP contribution < -0.4 is 0 Å². The highest BCUT2D eigenvalue weighted by Gasteiger charge is 2.22. The number of thioether (sulfide) groups is 1. The third-order valence-corrected chi connectivity index (χ3v) is 4.45. The SMILES string of the molecule is CC(C)[C@@H](C)Sc1nnc(CN2CCCC2=O)o1. The first kappa shape index (κ1) is 13.4. The van der Waals surface area contributed by atoms with E-state index in [0.29, 0.717) is 35.2 Å². The van der Waals surface area contributed by atoms with Gasteiger partial charge in [0, 0.05) is 18.2 Å². The molecule has 1 aromatic heterocycles. The molecular weight excluding hydrogens is 250 g/mol. The molecule has 0 unspecified atom stereocenters. The lowest BCUT2D eigenvalue weighted by atomic mass is 10.2. The van der Waals surface area contributed by atoms with Crippen LogP contribution >= 0.6 is 11.8 Å². The maximum atomic E-state index is 11.5. The quantitative estimate of drug-likeness (QED) is 0.768. The number of rotatable bonds is 5. The molecule has 6 heteroatoms. The maximum absolute atomic E-state index is 11.5. The molecule has 1 fully saturated rings. The predicted octanol–water partition coefficient (Wildman–Crippen LogP) is 2.33. The molecule has 18 heavy (non-hydrogen) atoms. The molecule has 0 N–H and O–H groups in total. The Hall–Kier alpha value is -1.04. The molecule has 0 aromatic carbocycles. The van der Waals surface area contributed by atoms with Gasteiger partial charge >= 0.3 is 0 Å². The van der Waals surface area contributed by atoms with Crippen LogP contribution in [0.1, 0.15) is 39.5 Å². The van der Waals surface area contributed by atoms with Gasteiger partial charge in [-0.3, -0.25) is 4.79 Å². The van der Waals surface area contributed by atoms with Crippen LogP contribution in [0.25, 0.3) is 0 Å². The Balaban J connectivity index is 1.91. The summed E-state index contributed by atoms with van der Waals surface area (Å²) in [7, 11) is 0. The highest BCUT2D eigenvalue weighted by atomic mass is 32.2. The number of amides is 1. The summed E-state index contributed by atoms with van der Waals surface area (Å²) in [6.07, 6.45) is 1.57. The summed E-state index contributed by atoms with van der Waals surface area (Å²) >= 11 is 1.59. The molecule has 2 heterocycles. The van der Waals surface area contributed by atoms with Crippen molar-refractivity contribution in [3.05, 3.63) is 5.89 Å². The van der Waals surface area contributed by atoms with Crippen molar-refractivity contribution in [2.45, 2.75) is 50.6 Å². The van der Waals surface area contributed by atoms with E-state index >= 15 is 0 Å². The fourth-order valence-corrected chi connectivity index (χ4v) is 2.50. The minimum Gasteiger partial charge on any atom is -0.414 e. The zero-order valence-corrected chi connectivity index (χ0v) is 11.9. The summed E-state index contributed by atoms with van der Waals surface area (Å²) in [5, 5.41) is 9.04. The summed E-state index contributed by atoms with van der Waals surface area (Å²) in [6, 6.07) is 0. The summed E-state index contributed by atoms with van der Waals surface area (Å²) in [5.41, 5.74) is 0. The van der Waals surface area contributed by atoms with E-state index in [1.165, 1.54) is 0 Å². The third-order valence-electron chi connectivity index (χ3n) is 3.17. The monoisotopic (exact) mass is 269 g/mol. The topological polar surface area (TPSA) is 59.2 Å². The average molecular weight is 269 g/mol. The summed E-state index contributed by atoms with van der Waals surface area (Å²) in [6.45, 7) is 7.72. The van der Waals surface area contributed by atoms with Gasteiger partial charge in [0.1, 0.15) is 0 Å². The van der Waals surface area contributed by atoms with E-state index < -0.39 is 0 Å². The van der Waals surface area contributed by atoms with Gasteiger partial charge < -0.3 is 9.32 Å². The van der Waals surface area contributed by atoms with Crippen molar-refractivity contribution in [2.24, 2.45) is 5.92 Å². The molecule has 2 rings (SSSR count). The second-order valence-electron chi connectivity index (χ2n) is 4.95. The molecule has 0 bridgehead atoms. The molecule has 1 saturated heterocycles. The average Bonchev–Trinajstić information content (AvgIpc) is 2.90. The lowest BCUT2D eigenvalue weighted by Gasteiger charge is -2.12. The molecule has 0 saturated carbocycles. The van der Waals surface area contributed by atoms with E-state index in [-0.39, 0.29) is 5.91 Å². The lowest BCUT2D eigenvalue weighted by Crippen LogP contribution is -2.23. The van der Waals surface area contributed by atoms with E-state index in [4.69, 9.17) is 4.42 Å². The van der Waals surface area contributed by atoms with Crippen LogP contribution in [0.2, 0.25) is 0 Å². The summed E-state index contributed by atoms with van der Waals surface area (Å²) in [4.78, 5) is 13.3. The van der Waals surface area contributed by atoms with E-state index in [2.05, 4.69) is 31.0 Å². The Morgan fingerprint density at radius 1 is 1.39 bits per heavy atom. The van der Waals surface area contributed by atoms with Crippen molar-refractivity contribution >= 4 is 17.7 Å². The number of carbonyl (C=O) groups excluding carboxylic acids is 1. The minimum atomic E-state index is 0.179. The standard InChI is InChI=1S/C12H19N3O2S/c1-8(2)9(3)18-12-14-13-10(17-12)7-15-6-4-5-11(15)16/h8-9H,4-7H2,1-3H3/t9-/m1/s1. The Morgan fingerprint density at radius 2 is 2.17 bits per heavy atom. The minimum absolute atomic E-state index is 0.179. The Bertz CT molecular complexity index is 419. The molecular formula is C12H19N3O2S. The van der Waals surface area contributed by atoms with Gasteiger partial charge in [0.2, 0.25) is 11.8 Å². The molecule has 0 spiro atoms. The van der Waals surface area contributed by atoms with Crippen LogP contribution in [-0.4, -0.2) is 32.8 Å². The Labute approximate surface area is 111 Å². The molecule has 1 amide bonds. The van der Waals surface area contributed by atoms with Crippen LogP contribution in [0, 0.1) is 5.92 Å².